The maximum atomic E-state index is 6.36. The molecule has 0 spiro atoms. The van der Waals surface area contributed by atoms with Crippen LogP contribution in [-0.2, 0) is 0 Å². The minimum absolute atomic E-state index is 0.644. The molecular weight excluding hydrogens is 599 g/mol. The Kier molecular flexibility index (Phi) is 6.15. The standard InChI is InChI=1S/C45H27N3O/c1-2-9-29(10-3-1)43-46-44(37-18-14-28-8-4-5-11-30(28)23-37)48-45(47-43)38-19-17-33-22-34(15-16-35(33)24-38)36-20-21-39-40-25-31-12-6-7-13-32(31)26-42(40)49-41(39)27-36/h1-27H. The van der Waals surface area contributed by atoms with E-state index in [-0.39, 0.29) is 0 Å². The van der Waals surface area contributed by atoms with E-state index in [0.29, 0.717) is 17.5 Å². The van der Waals surface area contributed by atoms with Crippen LogP contribution in [0.15, 0.2) is 168 Å². The SMILES string of the molecule is c1ccc(-c2nc(-c3ccc4ccccc4c3)nc(-c3ccc4cc(-c5ccc6c(c5)oc5cc7ccccc7cc56)ccc4c3)n2)cc1. The summed E-state index contributed by atoms with van der Waals surface area (Å²) in [6.07, 6.45) is 0. The van der Waals surface area contributed by atoms with Crippen LogP contribution in [0.1, 0.15) is 0 Å². The summed E-state index contributed by atoms with van der Waals surface area (Å²) in [5.74, 6) is 1.95. The first-order chi connectivity index (χ1) is 24.2. The fourth-order valence-corrected chi connectivity index (χ4v) is 6.88. The summed E-state index contributed by atoms with van der Waals surface area (Å²) in [5.41, 5.74) is 6.91. The Morgan fingerprint density at radius 2 is 0.735 bits per heavy atom. The van der Waals surface area contributed by atoms with Crippen molar-refractivity contribution in [3.05, 3.63) is 164 Å². The Balaban J connectivity index is 1.04. The molecule has 0 amide bonds. The highest BCUT2D eigenvalue weighted by Crippen LogP contribution is 2.36. The molecule has 0 saturated carbocycles. The molecule has 2 aromatic heterocycles. The van der Waals surface area contributed by atoms with E-state index < -0.39 is 0 Å². The second-order valence-electron chi connectivity index (χ2n) is 12.5. The topological polar surface area (TPSA) is 51.8 Å². The van der Waals surface area contributed by atoms with Crippen molar-refractivity contribution in [3.63, 3.8) is 0 Å². The number of benzene rings is 8. The van der Waals surface area contributed by atoms with E-state index in [2.05, 4.69) is 133 Å². The van der Waals surface area contributed by atoms with Gasteiger partial charge in [-0.3, -0.25) is 0 Å². The lowest BCUT2D eigenvalue weighted by molar-refractivity contribution is 0.669. The summed E-state index contributed by atoms with van der Waals surface area (Å²) < 4.78 is 6.36. The highest BCUT2D eigenvalue weighted by Gasteiger charge is 2.14. The molecule has 0 aliphatic carbocycles. The Hall–Kier alpha value is -6.65. The zero-order valence-corrected chi connectivity index (χ0v) is 26.3. The normalized spacial score (nSPS) is 11.7. The maximum absolute atomic E-state index is 6.36. The van der Waals surface area contributed by atoms with Crippen molar-refractivity contribution >= 4 is 54.3 Å². The lowest BCUT2D eigenvalue weighted by atomic mass is 9.98. The molecule has 4 nitrogen and oxygen atoms in total. The lowest BCUT2D eigenvalue weighted by Crippen LogP contribution is -2.00. The molecule has 0 aliphatic rings. The second kappa shape index (κ2) is 11.0. The summed E-state index contributed by atoms with van der Waals surface area (Å²) in [6, 6.07) is 57.1. The van der Waals surface area contributed by atoms with Crippen LogP contribution in [0.4, 0.5) is 0 Å². The van der Waals surface area contributed by atoms with Crippen LogP contribution in [0.25, 0.3) is 99.5 Å². The van der Waals surface area contributed by atoms with E-state index in [1.165, 1.54) is 16.2 Å². The van der Waals surface area contributed by atoms with Crippen LogP contribution in [-0.4, -0.2) is 15.0 Å². The summed E-state index contributed by atoms with van der Waals surface area (Å²) in [7, 11) is 0. The van der Waals surface area contributed by atoms with E-state index in [1.807, 2.05) is 30.3 Å². The number of rotatable bonds is 4. The predicted molar refractivity (Wildman–Crippen MR) is 201 cm³/mol. The molecule has 0 radical (unpaired) electrons. The maximum Gasteiger partial charge on any atom is 0.164 e. The van der Waals surface area contributed by atoms with Gasteiger partial charge >= 0.3 is 0 Å². The molecular formula is C45H27N3O. The van der Waals surface area contributed by atoms with Gasteiger partial charge in [0.25, 0.3) is 0 Å². The van der Waals surface area contributed by atoms with E-state index >= 15 is 0 Å². The first kappa shape index (κ1) is 27.5. The smallest absolute Gasteiger partial charge is 0.164 e. The third-order valence-corrected chi connectivity index (χ3v) is 9.45. The number of hydrogen-bond donors (Lipinski definition) is 0. The highest BCUT2D eigenvalue weighted by molar-refractivity contribution is 6.10. The van der Waals surface area contributed by atoms with Gasteiger partial charge in [-0.05, 0) is 85.9 Å². The van der Waals surface area contributed by atoms with E-state index in [0.717, 1.165) is 65.9 Å². The van der Waals surface area contributed by atoms with Crippen molar-refractivity contribution in [2.75, 3.05) is 0 Å². The zero-order chi connectivity index (χ0) is 32.3. The first-order valence-electron chi connectivity index (χ1n) is 16.4. The molecule has 0 aliphatic heterocycles. The van der Waals surface area contributed by atoms with Crippen LogP contribution in [0, 0.1) is 0 Å². The van der Waals surface area contributed by atoms with Crippen molar-refractivity contribution in [3.8, 4) is 45.3 Å². The number of hydrogen-bond acceptors (Lipinski definition) is 4. The second-order valence-corrected chi connectivity index (χ2v) is 12.5. The quantitative estimate of drug-likeness (QED) is 0.195. The van der Waals surface area contributed by atoms with Gasteiger partial charge in [-0.25, -0.2) is 15.0 Å². The van der Waals surface area contributed by atoms with E-state index in [9.17, 15) is 0 Å². The van der Waals surface area contributed by atoms with Gasteiger partial charge in [0.15, 0.2) is 17.5 Å². The lowest BCUT2D eigenvalue weighted by Gasteiger charge is -2.10. The van der Waals surface area contributed by atoms with Crippen LogP contribution < -0.4 is 0 Å². The molecule has 228 valence electrons. The molecule has 49 heavy (non-hydrogen) atoms. The molecule has 0 atom stereocenters. The van der Waals surface area contributed by atoms with Crippen LogP contribution in [0.3, 0.4) is 0 Å². The van der Waals surface area contributed by atoms with Gasteiger partial charge in [0, 0.05) is 27.5 Å². The Morgan fingerprint density at radius 1 is 0.286 bits per heavy atom. The average Bonchev–Trinajstić information content (AvgIpc) is 3.53. The number of aromatic nitrogens is 3. The molecule has 10 aromatic rings. The Labute approximate surface area is 282 Å². The third kappa shape index (κ3) is 4.81. The summed E-state index contributed by atoms with van der Waals surface area (Å²) >= 11 is 0. The first-order valence-corrected chi connectivity index (χ1v) is 16.4. The molecule has 0 fully saturated rings. The minimum Gasteiger partial charge on any atom is -0.456 e. The molecule has 0 N–H and O–H groups in total. The van der Waals surface area contributed by atoms with Crippen molar-refractivity contribution in [2.45, 2.75) is 0 Å². The molecule has 4 heteroatoms. The van der Waals surface area contributed by atoms with Gasteiger partial charge in [0.2, 0.25) is 0 Å². The van der Waals surface area contributed by atoms with Crippen molar-refractivity contribution in [2.24, 2.45) is 0 Å². The number of fused-ring (bicyclic) bond motifs is 6. The minimum atomic E-state index is 0.644. The third-order valence-electron chi connectivity index (χ3n) is 9.45. The number of furan rings is 1. The summed E-state index contributed by atoms with van der Waals surface area (Å²) in [5, 5.41) is 9.27. The van der Waals surface area contributed by atoms with Gasteiger partial charge in [-0.2, -0.15) is 0 Å². The fraction of sp³-hybridized carbons (Fsp3) is 0. The van der Waals surface area contributed by atoms with Gasteiger partial charge in [0.05, 0.1) is 0 Å². The van der Waals surface area contributed by atoms with Crippen LogP contribution >= 0.6 is 0 Å². The zero-order valence-electron chi connectivity index (χ0n) is 26.3. The molecule has 2 heterocycles. The van der Waals surface area contributed by atoms with Gasteiger partial charge in [-0.1, -0.05) is 121 Å². The predicted octanol–water partition coefficient (Wildman–Crippen LogP) is 11.9. The monoisotopic (exact) mass is 625 g/mol. The molecule has 0 saturated heterocycles. The Bertz CT molecular complexity index is 2890. The van der Waals surface area contributed by atoms with Crippen molar-refractivity contribution in [1.82, 2.24) is 15.0 Å². The molecule has 0 unspecified atom stereocenters. The Morgan fingerprint density at radius 3 is 1.43 bits per heavy atom. The highest BCUT2D eigenvalue weighted by atomic mass is 16.3. The van der Waals surface area contributed by atoms with Crippen molar-refractivity contribution < 1.29 is 4.42 Å². The van der Waals surface area contributed by atoms with E-state index in [4.69, 9.17) is 19.4 Å². The van der Waals surface area contributed by atoms with Gasteiger partial charge in [-0.15, -0.1) is 0 Å². The van der Waals surface area contributed by atoms with Crippen molar-refractivity contribution in [1.29, 1.82) is 0 Å². The van der Waals surface area contributed by atoms with Crippen LogP contribution in [0.5, 0.6) is 0 Å². The molecule has 0 bridgehead atoms. The average molecular weight is 626 g/mol. The van der Waals surface area contributed by atoms with Gasteiger partial charge < -0.3 is 4.42 Å². The number of nitrogens with zero attached hydrogens (tertiary/aromatic N) is 3. The van der Waals surface area contributed by atoms with Gasteiger partial charge in [0.1, 0.15) is 11.2 Å². The largest absolute Gasteiger partial charge is 0.456 e. The summed E-state index contributed by atoms with van der Waals surface area (Å²) in [6.45, 7) is 0. The fourth-order valence-electron chi connectivity index (χ4n) is 6.88. The van der Waals surface area contributed by atoms with E-state index in [1.54, 1.807) is 0 Å². The molecule has 8 aromatic carbocycles. The molecule has 10 rings (SSSR count). The van der Waals surface area contributed by atoms with Crippen LogP contribution in [0.2, 0.25) is 0 Å². The summed E-state index contributed by atoms with van der Waals surface area (Å²) in [4.78, 5) is 14.9.